The molecule has 1 atom stereocenters. The van der Waals surface area contributed by atoms with Crippen molar-refractivity contribution in [2.24, 2.45) is 16.5 Å². The number of hydrogen-bond donors (Lipinski definition) is 3. The van der Waals surface area contributed by atoms with Crippen molar-refractivity contribution in [1.29, 1.82) is 0 Å². The highest BCUT2D eigenvalue weighted by molar-refractivity contribution is 14.0. The minimum atomic E-state index is -4.73. The molecule has 0 saturated carbocycles. The molecule has 13 heavy (non-hydrogen) atoms. The van der Waals surface area contributed by atoms with Crippen LogP contribution in [0.1, 0.15) is 6.92 Å². The van der Waals surface area contributed by atoms with Crippen molar-refractivity contribution in [3.63, 3.8) is 0 Å². The number of nitrogens with zero attached hydrogens (tertiary/aromatic N) is 1. The van der Waals surface area contributed by atoms with E-state index in [-0.39, 0.29) is 24.0 Å². The molecule has 0 amide bonds. The maximum atomic E-state index is 11.9. The van der Waals surface area contributed by atoms with Crippen molar-refractivity contribution >= 4 is 29.9 Å². The molecule has 8 heteroatoms. The summed E-state index contributed by atoms with van der Waals surface area (Å²) in [5, 5.41) is 8.76. The van der Waals surface area contributed by atoms with Crippen LogP contribution in [-0.2, 0) is 0 Å². The maximum absolute atomic E-state index is 11.9. The minimum absolute atomic E-state index is 0. The number of rotatable bonds is 2. The first-order valence-corrected chi connectivity index (χ1v) is 3.01. The number of hydrogen-bond acceptors (Lipinski definition) is 2. The molecule has 1 unspecified atom stereocenters. The molecule has 5 N–H and O–H groups in total. The van der Waals surface area contributed by atoms with Crippen molar-refractivity contribution in [2.75, 3.05) is 6.54 Å². The SMILES string of the molecule is CC(O)(CN=C(N)N)C(F)(F)F.I. The Morgan fingerprint density at radius 2 is 1.77 bits per heavy atom. The first-order chi connectivity index (χ1) is 5.17. The van der Waals surface area contributed by atoms with Gasteiger partial charge in [0.25, 0.3) is 0 Å². The Morgan fingerprint density at radius 1 is 1.38 bits per heavy atom. The summed E-state index contributed by atoms with van der Waals surface area (Å²) in [6, 6.07) is 0. The molecular weight excluding hydrogens is 302 g/mol. The highest BCUT2D eigenvalue weighted by atomic mass is 127. The molecule has 0 fully saturated rings. The molecular formula is C5H11F3IN3O. The van der Waals surface area contributed by atoms with Gasteiger partial charge in [0.1, 0.15) is 0 Å². The van der Waals surface area contributed by atoms with Gasteiger partial charge in [-0.1, -0.05) is 0 Å². The molecule has 80 valence electrons. The molecule has 0 radical (unpaired) electrons. The molecule has 0 aliphatic heterocycles. The van der Waals surface area contributed by atoms with Crippen molar-refractivity contribution < 1.29 is 18.3 Å². The Labute approximate surface area is 90.2 Å². The van der Waals surface area contributed by atoms with E-state index in [0.717, 1.165) is 0 Å². The maximum Gasteiger partial charge on any atom is 0.418 e. The van der Waals surface area contributed by atoms with Crippen LogP contribution >= 0.6 is 24.0 Å². The Hall–Kier alpha value is -0.250. The number of nitrogens with two attached hydrogens (primary N) is 2. The average Bonchev–Trinajstić information content (AvgIpc) is 1.81. The van der Waals surface area contributed by atoms with Gasteiger partial charge in [0.2, 0.25) is 0 Å². The lowest BCUT2D eigenvalue weighted by Gasteiger charge is -2.23. The largest absolute Gasteiger partial charge is 0.418 e. The van der Waals surface area contributed by atoms with E-state index in [2.05, 4.69) is 4.99 Å². The van der Waals surface area contributed by atoms with Gasteiger partial charge in [0.15, 0.2) is 11.6 Å². The van der Waals surface area contributed by atoms with Crippen LogP contribution in [0.2, 0.25) is 0 Å². The average molecular weight is 313 g/mol. The normalized spacial score (nSPS) is 15.5. The Bertz CT molecular complexity index is 188. The predicted octanol–water partition coefficient (Wildman–Crippen LogP) is 0.191. The minimum Gasteiger partial charge on any atom is -0.379 e. The highest BCUT2D eigenvalue weighted by Crippen LogP contribution is 2.29. The second-order valence-corrected chi connectivity index (χ2v) is 2.51. The van der Waals surface area contributed by atoms with E-state index in [4.69, 9.17) is 16.6 Å². The Kier molecular flexibility index (Phi) is 5.67. The van der Waals surface area contributed by atoms with Crippen molar-refractivity contribution in [1.82, 2.24) is 0 Å². The molecule has 0 aromatic rings. The zero-order chi connectivity index (χ0) is 9.99. The van der Waals surface area contributed by atoms with E-state index < -0.39 is 24.3 Å². The van der Waals surface area contributed by atoms with E-state index in [9.17, 15) is 13.2 Å². The van der Waals surface area contributed by atoms with Crippen LogP contribution in [0.25, 0.3) is 0 Å². The quantitative estimate of drug-likeness (QED) is 0.387. The summed E-state index contributed by atoms with van der Waals surface area (Å²) in [7, 11) is 0. The van der Waals surface area contributed by atoms with Crippen LogP contribution in [0.3, 0.4) is 0 Å². The van der Waals surface area contributed by atoms with Crippen LogP contribution < -0.4 is 11.5 Å². The number of aliphatic hydroxyl groups is 1. The highest BCUT2D eigenvalue weighted by Gasteiger charge is 2.49. The monoisotopic (exact) mass is 313 g/mol. The zero-order valence-corrected chi connectivity index (χ0v) is 9.13. The fourth-order valence-corrected chi connectivity index (χ4v) is 0.335. The number of guanidine groups is 1. The third-order valence-corrected chi connectivity index (χ3v) is 1.18. The predicted molar refractivity (Wildman–Crippen MR) is 52.8 cm³/mol. The molecule has 0 saturated heterocycles. The first-order valence-electron chi connectivity index (χ1n) is 3.01. The van der Waals surface area contributed by atoms with Gasteiger partial charge >= 0.3 is 6.18 Å². The van der Waals surface area contributed by atoms with E-state index in [0.29, 0.717) is 6.92 Å². The van der Waals surface area contributed by atoms with Crippen LogP contribution in [0, 0.1) is 0 Å². The summed E-state index contributed by atoms with van der Waals surface area (Å²) < 4.78 is 35.6. The lowest BCUT2D eigenvalue weighted by molar-refractivity contribution is -0.248. The third kappa shape index (κ3) is 5.13. The summed E-state index contributed by atoms with van der Waals surface area (Å²) in [5.74, 6) is -0.487. The summed E-state index contributed by atoms with van der Waals surface area (Å²) in [4.78, 5) is 3.06. The van der Waals surface area contributed by atoms with Gasteiger partial charge in [-0.15, -0.1) is 24.0 Å². The van der Waals surface area contributed by atoms with Gasteiger partial charge in [-0.3, -0.25) is 4.99 Å². The van der Waals surface area contributed by atoms with E-state index in [1.165, 1.54) is 0 Å². The molecule has 0 aromatic heterocycles. The molecule has 0 heterocycles. The molecule has 0 rings (SSSR count). The lowest BCUT2D eigenvalue weighted by Crippen LogP contribution is -2.45. The summed E-state index contributed by atoms with van der Waals surface area (Å²) in [6.45, 7) is -0.293. The van der Waals surface area contributed by atoms with Crippen molar-refractivity contribution in [3.05, 3.63) is 0 Å². The van der Waals surface area contributed by atoms with Gasteiger partial charge in [-0.05, 0) is 6.92 Å². The van der Waals surface area contributed by atoms with Crippen molar-refractivity contribution in [3.8, 4) is 0 Å². The van der Waals surface area contributed by atoms with Crippen LogP contribution in [0.15, 0.2) is 4.99 Å². The smallest absolute Gasteiger partial charge is 0.379 e. The second-order valence-electron chi connectivity index (χ2n) is 2.51. The zero-order valence-electron chi connectivity index (χ0n) is 6.80. The standard InChI is InChI=1S/C5H10F3N3O.HI/c1-4(12,5(6,7)8)2-11-3(9)10;/h12H,2H2,1H3,(H4,9,10,11);1H. The van der Waals surface area contributed by atoms with Crippen LogP contribution in [-0.4, -0.2) is 29.4 Å². The fourth-order valence-electron chi connectivity index (χ4n) is 0.335. The molecule has 0 bridgehead atoms. The molecule has 0 aliphatic carbocycles. The van der Waals surface area contributed by atoms with Gasteiger partial charge < -0.3 is 16.6 Å². The number of alkyl halides is 3. The first kappa shape index (κ1) is 15.2. The number of halogens is 4. The van der Waals surface area contributed by atoms with Gasteiger partial charge in [0, 0.05) is 0 Å². The summed E-state index contributed by atoms with van der Waals surface area (Å²) >= 11 is 0. The van der Waals surface area contributed by atoms with Gasteiger partial charge in [-0.2, -0.15) is 13.2 Å². The molecule has 0 spiro atoms. The third-order valence-electron chi connectivity index (χ3n) is 1.18. The number of aliphatic imine (C=N–C) groups is 1. The van der Waals surface area contributed by atoms with Crippen LogP contribution in [0.5, 0.6) is 0 Å². The Morgan fingerprint density at radius 3 is 2.00 bits per heavy atom. The van der Waals surface area contributed by atoms with Gasteiger partial charge in [-0.25, -0.2) is 0 Å². The second kappa shape index (κ2) is 4.84. The Balaban J connectivity index is 0. The van der Waals surface area contributed by atoms with Gasteiger partial charge in [0.05, 0.1) is 6.54 Å². The van der Waals surface area contributed by atoms with Crippen LogP contribution in [0.4, 0.5) is 13.2 Å². The van der Waals surface area contributed by atoms with E-state index in [1.807, 2.05) is 0 Å². The van der Waals surface area contributed by atoms with E-state index >= 15 is 0 Å². The molecule has 0 aromatic carbocycles. The lowest BCUT2D eigenvalue weighted by atomic mass is 10.1. The van der Waals surface area contributed by atoms with E-state index in [1.54, 1.807) is 0 Å². The van der Waals surface area contributed by atoms with Crippen molar-refractivity contribution in [2.45, 2.75) is 18.7 Å². The topological polar surface area (TPSA) is 84.6 Å². The fraction of sp³-hybridized carbons (Fsp3) is 0.800. The summed E-state index contributed by atoms with van der Waals surface area (Å²) in [5.41, 5.74) is 6.71. The summed E-state index contributed by atoms with van der Waals surface area (Å²) in [6.07, 6.45) is -4.73. The molecule has 0 aliphatic rings. The molecule has 4 nitrogen and oxygen atoms in total.